The highest BCUT2D eigenvalue weighted by molar-refractivity contribution is 7.15. The summed E-state index contributed by atoms with van der Waals surface area (Å²) in [7, 11) is 0. The number of carbonyl (C=O) groups excluding carboxylic acids is 2. The zero-order valence-electron chi connectivity index (χ0n) is 13.6. The molecule has 1 aliphatic carbocycles. The van der Waals surface area contributed by atoms with Crippen LogP contribution in [-0.4, -0.2) is 23.5 Å². The van der Waals surface area contributed by atoms with E-state index in [-0.39, 0.29) is 11.6 Å². The van der Waals surface area contributed by atoms with Crippen LogP contribution in [0, 0.1) is 0 Å². The average molecular weight is 364 g/mol. The van der Waals surface area contributed by atoms with Gasteiger partial charge in [-0.15, -0.1) is 22.7 Å². The Kier molecular flexibility index (Phi) is 5.63. The number of esters is 1. The zero-order valence-corrected chi connectivity index (χ0v) is 15.2. The van der Waals surface area contributed by atoms with Crippen molar-refractivity contribution in [3.63, 3.8) is 0 Å². The second kappa shape index (κ2) is 7.90. The summed E-state index contributed by atoms with van der Waals surface area (Å²) in [6, 6.07) is 2.01. The standard InChI is InChI=1S/C17H20N2O3S2/c1-2-22-16(21)12-10-23-17(18-12)19-15(20)14-9-11-7-5-3-4-6-8-13(11)24-14/h9-10H,2-8H2,1H3,(H,18,19,20). The van der Waals surface area contributed by atoms with Gasteiger partial charge >= 0.3 is 5.97 Å². The Balaban J connectivity index is 1.69. The minimum atomic E-state index is -0.465. The van der Waals surface area contributed by atoms with Gasteiger partial charge in [-0.1, -0.05) is 12.8 Å². The molecular weight excluding hydrogens is 344 g/mol. The molecule has 1 aliphatic rings. The quantitative estimate of drug-likeness (QED) is 0.822. The third-order valence-corrected chi connectivity index (χ3v) is 5.92. The maximum atomic E-state index is 12.5. The predicted octanol–water partition coefficient (Wildman–Crippen LogP) is 4.29. The van der Waals surface area contributed by atoms with Crippen molar-refractivity contribution >= 4 is 39.7 Å². The first kappa shape index (κ1) is 17.1. The molecule has 0 unspecified atom stereocenters. The smallest absolute Gasteiger partial charge is 0.357 e. The fourth-order valence-corrected chi connectivity index (χ4v) is 4.57. The number of thiazole rings is 1. The number of hydrogen-bond donors (Lipinski definition) is 1. The number of nitrogens with one attached hydrogen (secondary N) is 1. The van der Waals surface area contributed by atoms with Gasteiger partial charge in [0.05, 0.1) is 11.5 Å². The molecule has 5 nitrogen and oxygen atoms in total. The van der Waals surface area contributed by atoms with Crippen LogP contribution in [0.4, 0.5) is 5.13 Å². The van der Waals surface area contributed by atoms with Gasteiger partial charge in [0.25, 0.3) is 5.91 Å². The van der Waals surface area contributed by atoms with Gasteiger partial charge in [-0.3, -0.25) is 10.1 Å². The van der Waals surface area contributed by atoms with Gasteiger partial charge in [0.1, 0.15) is 0 Å². The van der Waals surface area contributed by atoms with Gasteiger partial charge in [0, 0.05) is 10.3 Å². The Morgan fingerprint density at radius 2 is 2.04 bits per heavy atom. The molecule has 1 N–H and O–H groups in total. The van der Waals surface area contributed by atoms with E-state index >= 15 is 0 Å². The van der Waals surface area contributed by atoms with E-state index in [9.17, 15) is 9.59 Å². The maximum absolute atomic E-state index is 12.5. The van der Waals surface area contributed by atoms with E-state index in [0.717, 1.165) is 17.7 Å². The van der Waals surface area contributed by atoms with Gasteiger partial charge in [0.2, 0.25) is 0 Å². The predicted molar refractivity (Wildman–Crippen MR) is 96.2 cm³/mol. The van der Waals surface area contributed by atoms with Crippen LogP contribution in [0.15, 0.2) is 11.4 Å². The van der Waals surface area contributed by atoms with Crippen LogP contribution in [0.25, 0.3) is 0 Å². The van der Waals surface area contributed by atoms with Crippen molar-refractivity contribution in [2.45, 2.75) is 45.4 Å². The van der Waals surface area contributed by atoms with E-state index in [4.69, 9.17) is 4.74 Å². The number of rotatable bonds is 4. The molecule has 0 atom stereocenters. The average Bonchev–Trinajstić information content (AvgIpc) is 3.15. The Labute approximate surface area is 149 Å². The molecule has 0 aliphatic heterocycles. The van der Waals surface area contributed by atoms with E-state index in [1.54, 1.807) is 23.6 Å². The topological polar surface area (TPSA) is 68.3 Å². The number of aromatic nitrogens is 1. The molecule has 0 radical (unpaired) electrons. The number of hydrogen-bond acceptors (Lipinski definition) is 6. The van der Waals surface area contributed by atoms with Crippen molar-refractivity contribution in [2.75, 3.05) is 11.9 Å². The van der Waals surface area contributed by atoms with Crippen LogP contribution in [0.1, 0.15) is 63.2 Å². The molecule has 7 heteroatoms. The van der Waals surface area contributed by atoms with Crippen LogP contribution in [0.2, 0.25) is 0 Å². The monoisotopic (exact) mass is 364 g/mol. The van der Waals surface area contributed by atoms with Crippen molar-refractivity contribution in [1.82, 2.24) is 4.98 Å². The molecule has 2 heterocycles. The molecule has 0 saturated carbocycles. The van der Waals surface area contributed by atoms with Crippen molar-refractivity contribution in [1.29, 1.82) is 0 Å². The number of ether oxygens (including phenoxy) is 1. The van der Waals surface area contributed by atoms with Gasteiger partial charge in [-0.25, -0.2) is 9.78 Å². The second-order valence-corrected chi connectivity index (χ2v) is 7.68. The van der Waals surface area contributed by atoms with Crippen molar-refractivity contribution in [2.24, 2.45) is 0 Å². The molecule has 0 fully saturated rings. The summed E-state index contributed by atoms with van der Waals surface area (Å²) in [5.41, 5.74) is 1.55. The lowest BCUT2D eigenvalue weighted by Crippen LogP contribution is -2.11. The van der Waals surface area contributed by atoms with Gasteiger partial charge in [-0.05, 0) is 44.2 Å². The number of nitrogens with zero attached hydrogens (tertiary/aromatic N) is 1. The Bertz CT molecular complexity index is 711. The van der Waals surface area contributed by atoms with Crippen molar-refractivity contribution < 1.29 is 14.3 Å². The number of thiophene rings is 1. The largest absolute Gasteiger partial charge is 0.461 e. The molecule has 24 heavy (non-hydrogen) atoms. The highest BCUT2D eigenvalue weighted by Gasteiger charge is 2.18. The molecule has 0 saturated heterocycles. The van der Waals surface area contributed by atoms with E-state index in [1.807, 2.05) is 6.07 Å². The lowest BCUT2D eigenvalue weighted by atomic mass is 10.00. The third kappa shape index (κ3) is 4.02. The molecule has 128 valence electrons. The lowest BCUT2D eigenvalue weighted by molar-refractivity contribution is 0.0520. The van der Waals surface area contributed by atoms with Crippen LogP contribution in [0.3, 0.4) is 0 Å². The number of fused-ring (bicyclic) bond motifs is 1. The summed E-state index contributed by atoms with van der Waals surface area (Å²) >= 11 is 2.81. The highest BCUT2D eigenvalue weighted by Crippen LogP contribution is 2.29. The third-order valence-electron chi connectivity index (χ3n) is 3.93. The Hall–Kier alpha value is -1.73. The first-order valence-electron chi connectivity index (χ1n) is 8.23. The molecule has 0 aromatic carbocycles. The highest BCUT2D eigenvalue weighted by atomic mass is 32.1. The number of carbonyl (C=O) groups is 2. The van der Waals surface area contributed by atoms with Crippen LogP contribution < -0.4 is 5.32 Å². The summed E-state index contributed by atoms with van der Waals surface area (Å²) < 4.78 is 4.90. The van der Waals surface area contributed by atoms with Crippen molar-refractivity contribution in [3.8, 4) is 0 Å². The molecule has 2 aromatic heterocycles. The Morgan fingerprint density at radius 3 is 2.83 bits per heavy atom. The molecule has 0 spiro atoms. The first-order chi connectivity index (χ1) is 11.7. The molecule has 0 bridgehead atoms. The van der Waals surface area contributed by atoms with E-state index < -0.39 is 5.97 Å². The second-order valence-electron chi connectivity index (χ2n) is 5.69. The molecule has 2 aromatic rings. The number of aryl methyl sites for hydroxylation is 2. The van der Waals surface area contributed by atoms with Crippen LogP contribution in [0.5, 0.6) is 0 Å². The fourth-order valence-electron chi connectivity index (χ4n) is 2.74. The van der Waals surface area contributed by atoms with Gasteiger partial charge in [-0.2, -0.15) is 0 Å². The van der Waals surface area contributed by atoms with Crippen LogP contribution >= 0.6 is 22.7 Å². The molecular formula is C17H20N2O3S2. The normalized spacial score (nSPS) is 14.4. The summed E-state index contributed by atoms with van der Waals surface area (Å²) in [6.07, 6.45) is 7.06. The molecule has 1 amide bonds. The summed E-state index contributed by atoms with van der Waals surface area (Å²) in [5, 5.41) is 4.81. The number of anilines is 1. The first-order valence-corrected chi connectivity index (χ1v) is 9.92. The minimum Gasteiger partial charge on any atom is -0.461 e. The van der Waals surface area contributed by atoms with E-state index in [1.165, 1.54) is 47.5 Å². The van der Waals surface area contributed by atoms with Gasteiger partial charge in [0.15, 0.2) is 10.8 Å². The van der Waals surface area contributed by atoms with E-state index in [0.29, 0.717) is 11.7 Å². The summed E-state index contributed by atoms with van der Waals surface area (Å²) in [5.74, 6) is -0.621. The fraction of sp³-hybridized carbons (Fsp3) is 0.471. The lowest BCUT2D eigenvalue weighted by Gasteiger charge is -2.07. The maximum Gasteiger partial charge on any atom is 0.357 e. The zero-order chi connectivity index (χ0) is 16.9. The summed E-state index contributed by atoms with van der Waals surface area (Å²) in [4.78, 5) is 30.3. The van der Waals surface area contributed by atoms with Gasteiger partial charge < -0.3 is 4.74 Å². The number of amides is 1. The SMILES string of the molecule is CCOC(=O)c1csc(NC(=O)c2cc3c(s2)CCCCCC3)n1. The van der Waals surface area contributed by atoms with Crippen LogP contribution in [-0.2, 0) is 17.6 Å². The minimum absolute atomic E-state index is 0.156. The van der Waals surface area contributed by atoms with Crippen molar-refractivity contribution in [3.05, 3.63) is 32.5 Å². The Morgan fingerprint density at radius 1 is 1.25 bits per heavy atom. The summed E-state index contributed by atoms with van der Waals surface area (Å²) in [6.45, 7) is 2.05. The molecule has 3 rings (SSSR count). The van der Waals surface area contributed by atoms with E-state index in [2.05, 4.69) is 10.3 Å².